The summed E-state index contributed by atoms with van der Waals surface area (Å²) in [6, 6.07) is 11.5. The molecule has 1 saturated carbocycles. The zero-order valence-corrected chi connectivity index (χ0v) is 20.9. The Morgan fingerprint density at radius 3 is 2.73 bits per heavy atom. The van der Waals surface area contributed by atoms with Gasteiger partial charge in [-0.05, 0) is 61.8 Å². The lowest BCUT2D eigenvalue weighted by atomic mass is 9.47. The van der Waals surface area contributed by atoms with Crippen molar-refractivity contribution in [3.05, 3.63) is 71.0 Å². The van der Waals surface area contributed by atoms with Crippen molar-refractivity contribution in [3.8, 4) is 11.5 Å². The van der Waals surface area contributed by atoms with E-state index in [9.17, 15) is 19.8 Å². The van der Waals surface area contributed by atoms with Crippen molar-refractivity contribution in [1.29, 1.82) is 0 Å². The summed E-state index contributed by atoms with van der Waals surface area (Å²) in [6.07, 6.45) is 3.38. The van der Waals surface area contributed by atoms with Crippen LogP contribution in [0.5, 0.6) is 11.5 Å². The Balaban J connectivity index is 1.26. The minimum absolute atomic E-state index is 0.0883. The lowest BCUT2D eigenvalue weighted by Gasteiger charge is -2.59. The molecule has 8 nitrogen and oxygen atoms in total. The molecule has 6 atom stereocenters. The molecule has 194 valence electrons. The minimum atomic E-state index is -1.40. The maximum absolute atomic E-state index is 13.1. The first-order chi connectivity index (χ1) is 17.8. The monoisotopic (exact) mass is 505 g/mol. The Kier molecular flexibility index (Phi) is 5.58. The number of carbonyl (C=O) groups excluding carboxylic acids is 2. The standard InChI is InChI=1S/C29H31NO7/c1-16(30-26(32)23(31)17-7-4-3-5-8-17)27(33)36-21-12-14-29(34)19-9-6-13-28(29)22-18(15-19)10-11-20(35-2)24(22)37-25(21)28/h3-5,7-8,10-12,16,19,23,25,31,34H,6,9,13-15H2,1-2H3,(H,30,32)/t16-,19-,23-,25+,28+,29-/m0/s1. The molecule has 1 heterocycles. The Morgan fingerprint density at radius 1 is 1.19 bits per heavy atom. The molecule has 2 aromatic carbocycles. The predicted molar refractivity (Wildman–Crippen MR) is 133 cm³/mol. The highest BCUT2D eigenvalue weighted by Crippen LogP contribution is 2.67. The predicted octanol–water partition coefficient (Wildman–Crippen LogP) is 2.85. The summed E-state index contributed by atoms with van der Waals surface area (Å²) in [5, 5.41) is 25.0. The molecule has 4 aliphatic rings. The van der Waals surface area contributed by atoms with Gasteiger partial charge in [0, 0.05) is 5.56 Å². The van der Waals surface area contributed by atoms with Crippen LogP contribution in [0.4, 0.5) is 0 Å². The molecule has 0 radical (unpaired) electrons. The number of benzene rings is 2. The van der Waals surface area contributed by atoms with Crippen molar-refractivity contribution in [3.63, 3.8) is 0 Å². The Bertz CT molecular complexity index is 1290. The van der Waals surface area contributed by atoms with Crippen LogP contribution in [0.3, 0.4) is 0 Å². The fraction of sp³-hybridized carbons (Fsp3) is 0.448. The first kappa shape index (κ1) is 24.0. The van der Waals surface area contributed by atoms with Gasteiger partial charge in [0.2, 0.25) is 0 Å². The van der Waals surface area contributed by atoms with Crippen molar-refractivity contribution in [2.24, 2.45) is 5.92 Å². The number of carbonyl (C=O) groups is 2. The van der Waals surface area contributed by atoms with E-state index in [1.807, 2.05) is 6.07 Å². The van der Waals surface area contributed by atoms with E-state index in [2.05, 4.69) is 11.4 Å². The van der Waals surface area contributed by atoms with Crippen LogP contribution < -0.4 is 14.8 Å². The number of hydrogen-bond donors (Lipinski definition) is 3. The van der Waals surface area contributed by atoms with Gasteiger partial charge >= 0.3 is 5.97 Å². The number of rotatable bonds is 6. The molecule has 0 unspecified atom stereocenters. The molecule has 3 aliphatic carbocycles. The topological polar surface area (TPSA) is 114 Å². The first-order valence-corrected chi connectivity index (χ1v) is 12.8. The van der Waals surface area contributed by atoms with Crippen molar-refractivity contribution in [2.75, 3.05) is 7.11 Å². The van der Waals surface area contributed by atoms with Gasteiger partial charge in [0.05, 0.1) is 18.1 Å². The fourth-order valence-corrected chi connectivity index (χ4v) is 7.02. The van der Waals surface area contributed by atoms with Gasteiger partial charge in [-0.2, -0.15) is 0 Å². The molecular weight excluding hydrogens is 474 g/mol. The molecule has 0 aromatic heterocycles. The zero-order valence-electron chi connectivity index (χ0n) is 20.9. The average Bonchev–Trinajstić information content (AvgIpc) is 3.25. The van der Waals surface area contributed by atoms with Crippen LogP contribution >= 0.6 is 0 Å². The summed E-state index contributed by atoms with van der Waals surface area (Å²) >= 11 is 0. The van der Waals surface area contributed by atoms with Crippen molar-refractivity contribution in [1.82, 2.24) is 5.32 Å². The quantitative estimate of drug-likeness (QED) is 0.518. The number of methoxy groups -OCH3 is 1. The highest BCUT2D eigenvalue weighted by atomic mass is 16.6. The Morgan fingerprint density at radius 2 is 1.97 bits per heavy atom. The summed E-state index contributed by atoms with van der Waals surface area (Å²) in [5.41, 5.74) is 0.823. The van der Waals surface area contributed by atoms with E-state index >= 15 is 0 Å². The van der Waals surface area contributed by atoms with Crippen LogP contribution in [-0.2, 0) is 26.2 Å². The van der Waals surface area contributed by atoms with E-state index in [-0.39, 0.29) is 5.92 Å². The Labute approximate surface area is 215 Å². The van der Waals surface area contributed by atoms with Crippen LogP contribution in [0.25, 0.3) is 0 Å². The molecule has 1 fully saturated rings. The molecule has 8 heteroatoms. The third kappa shape index (κ3) is 3.35. The van der Waals surface area contributed by atoms with E-state index in [4.69, 9.17) is 14.2 Å². The summed E-state index contributed by atoms with van der Waals surface area (Å²) in [6.45, 7) is 1.51. The largest absolute Gasteiger partial charge is 0.493 e. The number of aliphatic hydroxyl groups is 2. The van der Waals surface area contributed by atoms with Gasteiger partial charge in [0.1, 0.15) is 11.8 Å². The second-order valence-corrected chi connectivity index (χ2v) is 10.6. The summed E-state index contributed by atoms with van der Waals surface area (Å²) in [5.74, 6) is 0.269. The third-order valence-corrected chi connectivity index (χ3v) is 8.76. The number of nitrogens with one attached hydrogen (secondary N) is 1. The molecule has 2 bridgehead atoms. The van der Waals surface area contributed by atoms with E-state index in [1.54, 1.807) is 43.5 Å². The third-order valence-electron chi connectivity index (χ3n) is 8.76. The van der Waals surface area contributed by atoms with Crippen LogP contribution in [0.15, 0.2) is 54.3 Å². The molecule has 2 aromatic rings. The van der Waals surface area contributed by atoms with Gasteiger partial charge < -0.3 is 29.7 Å². The Hall–Kier alpha value is -3.36. The van der Waals surface area contributed by atoms with Gasteiger partial charge in [0.15, 0.2) is 23.7 Å². The van der Waals surface area contributed by atoms with E-state index < -0.39 is 41.1 Å². The lowest BCUT2D eigenvalue weighted by Crippen LogP contribution is -2.67. The number of aliphatic hydroxyl groups excluding tert-OH is 1. The van der Waals surface area contributed by atoms with Crippen LogP contribution in [-0.4, -0.2) is 46.9 Å². The maximum Gasteiger partial charge on any atom is 0.333 e. The maximum atomic E-state index is 13.1. The average molecular weight is 506 g/mol. The highest BCUT2D eigenvalue weighted by Gasteiger charge is 2.71. The van der Waals surface area contributed by atoms with Gasteiger partial charge in [-0.25, -0.2) is 4.79 Å². The minimum Gasteiger partial charge on any atom is -0.493 e. The molecule has 1 spiro atoms. The SMILES string of the molecule is COc1ccc2c3c1O[C@@H]1C(OC(=O)[C@H](C)NC(=O)[C@@H](O)c4ccccc4)=CC[C@]4(O)[C@@H](CCC[C@@]314)C2. The highest BCUT2D eigenvalue weighted by molar-refractivity contribution is 5.87. The molecule has 0 saturated heterocycles. The van der Waals surface area contributed by atoms with E-state index in [1.165, 1.54) is 6.92 Å². The molecule has 3 N–H and O–H groups in total. The first-order valence-electron chi connectivity index (χ1n) is 12.8. The smallest absolute Gasteiger partial charge is 0.333 e. The second kappa shape index (κ2) is 8.60. The molecule has 1 amide bonds. The van der Waals surface area contributed by atoms with Gasteiger partial charge in [-0.3, -0.25) is 4.79 Å². The van der Waals surface area contributed by atoms with Gasteiger partial charge in [0.25, 0.3) is 5.91 Å². The number of amides is 1. The van der Waals surface area contributed by atoms with Crippen LogP contribution in [0.1, 0.15) is 55.4 Å². The fourth-order valence-electron chi connectivity index (χ4n) is 7.02. The normalized spacial score (nSPS) is 30.2. The molecule has 6 rings (SSSR count). The lowest BCUT2D eigenvalue weighted by molar-refractivity contribution is -0.161. The summed E-state index contributed by atoms with van der Waals surface area (Å²) in [4.78, 5) is 25.7. The number of hydrogen-bond acceptors (Lipinski definition) is 7. The van der Waals surface area contributed by atoms with E-state index in [0.717, 1.165) is 30.4 Å². The zero-order chi connectivity index (χ0) is 25.9. The van der Waals surface area contributed by atoms with Crippen molar-refractivity contribution in [2.45, 2.75) is 68.3 Å². The number of esters is 1. The van der Waals surface area contributed by atoms with Crippen molar-refractivity contribution >= 4 is 11.9 Å². The van der Waals surface area contributed by atoms with Crippen LogP contribution in [0, 0.1) is 5.92 Å². The molecule has 1 aliphatic heterocycles. The summed E-state index contributed by atoms with van der Waals surface area (Å²) < 4.78 is 17.9. The molecular formula is C29H31NO7. The van der Waals surface area contributed by atoms with Gasteiger partial charge in [-0.1, -0.05) is 42.8 Å². The second-order valence-electron chi connectivity index (χ2n) is 10.6. The van der Waals surface area contributed by atoms with Crippen molar-refractivity contribution < 1.29 is 34.0 Å². The summed E-state index contributed by atoms with van der Waals surface area (Å²) in [7, 11) is 1.59. The number of ether oxygens (including phenoxy) is 3. The van der Waals surface area contributed by atoms with Crippen LogP contribution in [0.2, 0.25) is 0 Å². The molecule has 37 heavy (non-hydrogen) atoms. The van der Waals surface area contributed by atoms with E-state index in [0.29, 0.717) is 35.7 Å². The van der Waals surface area contributed by atoms with Gasteiger partial charge in [-0.15, -0.1) is 0 Å².